The first kappa shape index (κ1) is 24.9. The quantitative estimate of drug-likeness (QED) is 0.720. The summed E-state index contributed by atoms with van der Waals surface area (Å²) in [7, 11) is 3.88. The summed E-state index contributed by atoms with van der Waals surface area (Å²) in [4.78, 5) is 14.4. The third-order valence-electron chi connectivity index (χ3n) is 5.35. The minimum absolute atomic E-state index is 0.0243. The van der Waals surface area contributed by atoms with E-state index in [9.17, 15) is 4.79 Å². The van der Waals surface area contributed by atoms with Crippen molar-refractivity contribution in [3.8, 4) is 0 Å². The van der Waals surface area contributed by atoms with E-state index in [1.54, 1.807) is 7.05 Å². The summed E-state index contributed by atoms with van der Waals surface area (Å²) < 4.78 is 0. The SMILES string of the molecule is CC.CC.CNNC(=O)c1ccc(C2(c3cccc(C)c3)CCN(C)CC2)cc1. The number of rotatable bonds is 4. The fourth-order valence-corrected chi connectivity index (χ4v) is 3.81. The molecule has 160 valence electrons. The smallest absolute Gasteiger partial charge is 0.265 e. The molecule has 0 aromatic heterocycles. The minimum atomic E-state index is -0.109. The van der Waals surface area contributed by atoms with E-state index in [0.29, 0.717) is 5.56 Å². The second kappa shape index (κ2) is 12.4. The third kappa shape index (κ3) is 6.15. The van der Waals surface area contributed by atoms with Crippen molar-refractivity contribution in [2.75, 3.05) is 27.2 Å². The van der Waals surface area contributed by atoms with Gasteiger partial charge in [-0.25, -0.2) is 5.43 Å². The van der Waals surface area contributed by atoms with Crippen LogP contribution in [0.25, 0.3) is 0 Å². The highest BCUT2D eigenvalue weighted by Gasteiger charge is 2.37. The summed E-state index contributed by atoms with van der Waals surface area (Å²) >= 11 is 0. The summed E-state index contributed by atoms with van der Waals surface area (Å²) in [6.07, 6.45) is 2.18. The van der Waals surface area contributed by atoms with Gasteiger partial charge in [-0.2, -0.15) is 0 Å². The van der Waals surface area contributed by atoms with E-state index >= 15 is 0 Å². The molecular formula is C25H39N3O. The molecule has 1 aliphatic heterocycles. The van der Waals surface area contributed by atoms with Crippen LogP contribution < -0.4 is 10.9 Å². The van der Waals surface area contributed by atoms with Crippen LogP contribution in [0.4, 0.5) is 0 Å². The predicted molar refractivity (Wildman–Crippen MR) is 124 cm³/mol. The lowest BCUT2D eigenvalue weighted by Crippen LogP contribution is -2.41. The first-order valence-corrected chi connectivity index (χ1v) is 10.9. The average Bonchev–Trinajstić information content (AvgIpc) is 2.78. The van der Waals surface area contributed by atoms with E-state index in [0.717, 1.165) is 25.9 Å². The Morgan fingerprint density at radius 2 is 1.52 bits per heavy atom. The predicted octanol–water partition coefficient (Wildman–Crippen LogP) is 4.92. The van der Waals surface area contributed by atoms with Gasteiger partial charge in [0.15, 0.2) is 0 Å². The fraction of sp³-hybridized carbons (Fsp3) is 0.480. The maximum Gasteiger partial charge on any atom is 0.265 e. The van der Waals surface area contributed by atoms with E-state index in [4.69, 9.17) is 0 Å². The van der Waals surface area contributed by atoms with Crippen LogP contribution in [-0.4, -0.2) is 38.0 Å². The van der Waals surface area contributed by atoms with Crippen LogP contribution in [0.2, 0.25) is 0 Å². The number of benzene rings is 2. The molecule has 1 saturated heterocycles. The molecule has 0 aliphatic carbocycles. The largest absolute Gasteiger partial charge is 0.306 e. The summed E-state index contributed by atoms with van der Waals surface area (Å²) in [5.41, 5.74) is 9.97. The Balaban J connectivity index is 0.000000989. The summed E-state index contributed by atoms with van der Waals surface area (Å²) in [6, 6.07) is 17.0. The Bertz CT molecular complexity index is 732. The summed E-state index contributed by atoms with van der Waals surface area (Å²) in [5, 5.41) is 0. The molecule has 0 atom stereocenters. The number of likely N-dealkylation sites (tertiary alicyclic amines) is 1. The van der Waals surface area contributed by atoms with Gasteiger partial charge in [-0.3, -0.25) is 10.2 Å². The van der Waals surface area contributed by atoms with Crippen molar-refractivity contribution in [1.82, 2.24) is 15.8 Å². The number of nitrogens with one attached hydrogen (secondary N) is 2. The van der Waals surface area contributed by atoms with Crippen LogP contribution in [-0.2, 0) is 5.41 Å². The molecule has 2 N–H and O–H groups in total. The van der Waals surface area contributed by atoms with E-state index in [1.807, 2.05) is 39.8 Å². The zero-order chi connectivity index (χ0) is 21.9. The van der Waals surface area contributed by atoms with E-state index in [1.165, 1.54) is 16.7 Å². The third-order valence-corrected chi connectivity index (χ3v) is 5.35. The molecular weight excluding hydrogens is 358 g/mol. The Morgan fingerprint density at radius 3 is 2.03 bits per heavy atom. The van der Waals surface area contributed by atoms with Crippen molar-refractivity contribution >= 4 is 5.91 Å². The molecule has 0 saturated carbocycles. The normalized spacial score (nSPS) is 15.3. The monoisotopic (exact) mass is 397 g/mol. The van der Waals surface area contributed by atoms with Crippen LogP contribution in [0.15, 0.2) is 48.5 Å². The van der Waals surface area contributed by atoms with Crippen LogP contribution in [0.1, 0.15) is 67.6 Å². The topological polar surface area (TPSA) is 44.4 Å². The minimum Gasteiger partial charge on any atom is -0.306 e. The number of amides is 1. The van der Waals surface area contributed by atoms with Crippen molar-refractivity contribution in [3.63, 3.8) is 0 Å². The Kier molecular flexibility index (Phi) is 10.6. The molecule has 0 spiro atoms. The van der Waals surface area contributed by atoms with Gasteiger partial charge in [0.1, 0.15) is 0 Å². The maximum atomic E-state index is 12.0. The molecule has 3 rings (SSSR count). The number of nitrogens with zero attached hydrogens (tertiary/aromatic N) is 1. The molecule has 29 heavy (non-hydrogen) atoms. The van der Waals surface area contributed by atoms with Gasteiger partial charge in [0.2, 0.25) is 0 Å². The number of carbonyl (C=O) groups excluding carboxylic acids is 1. The zero-order valence-corrected chi connectivity index (χ0v) is 19.3. The van der Waals surface area contributed by atoms with Gasteiger partial charge in [-0.1, -0.05) is 69.7 Å². The molecule has 1 fully saturated rings. The van der Waals surface area contributed by atoms with E-state index in [-0.39, 0.29) is 11.3 Å². The number of carbonyl (C=O) groups is 1. The highest BCUT2D eigenvalue weighted by Crippen LogP contribution is 2.41. The lowest BCUT2D eigenvalue weighted by atomic mass is 9.68. The lowest BCUT2D eigenvalue weighted by Gasteiger charge is -2.42. The first-order chi connectivity index (χ1) is 14.0. The Hall–Kier alpha value is -2.17. The molecule has 4 nitrogen and oxygen atoms in total. The highest BCUT2D eigenvalue weighted by molar-refractivity contribution is 5.93. The molecule has 4 heteroatoms. The number of hydrogen-bond donors (Lipinski definition) is 2. The number of hydrogen-bond acceptors (Lipinski definition) is 3. The van der Waals surface area contributed by atoms with Crippen molar-refractivity contribution in [2.45, 2.75) is 52.9 Å². The molecule has 2 aromatic carbocycles. The molecule has 1 heterocycles. The van der Waals surface area contributed by atoms with Gasteiger partial charge >= 0.3 is 0 Å². The van der Waals surface area contributed by atoms with Gasteiger partial charge in [0.25, 0.3) is 5.91 Å². The van der Waals surface area contributed by atoms with Gasteiger partial charge in [-0.15, -0.1) is 0 Å². The molecule has 0 unspecified atom stereocenters. The van der Waals surface area contributed by atoms with Crippen molar-refractivity contribution < 1.29 is 4.79 Å². The van der Waals surface area contributed by atoms with Crippen molar-refractivity contribution in [1.29, 1.82) is 0 Å². The number of piperidine rings is 1. The lowest BCUT2D eigenvalue weighted by molar-refractivity contribution is 0.0938. The standard InChI is InChI=1S/C21H27N3O.2C2H6/c1-16-5-4-6-19(15-16)21(11-13-24(3)14-12-21)18-9-7-17(8-10-18)20(25)23-22-2;2*1-2/h4-10,15,22H,11-14H2,1-3H3,(H,23,25);2*1-2H3. The summed E-state index contributed by atoms with van der Waals surface area (Å²) in [6.45, 7) is 12.3. The van der Waals surface area contributed by atoms with Crippen LogP contribution in [0.5, 0.6) is 0 Å². The summed E-state index contributed by atoms with van der Waals surface area (Å²) in [5.74, 6) is -0.109. The highest BCUT2D eigenvalue weighted by atomic mass is 16.2. The van der Waals surface area contributed by atoms with E-state index in [2.05, 4.69) is 66.1 Å². The molecule has 0 bridgehead atoms. The Morgan fingerprint density at radius 1 is 0.931 bits per heavy atom. The van der Waals surface area contributed by atoms with Gasteiger partial charge in [0.05, 0.1) is 0 Å². The van der Waals surface area contributed by atoms with Gasteiger partial charge in [-0.05, 0) is 63.2 Å². The average molecular weight is 398 g/mol. The second-order valence-corrected chi connectivity index (χ2v) is 7.04. The van der Waals surface area contributed by atoms with E-state index < -0.39 is 0 Å². The number of aryl methyl sites for hydroxylation is 1. The molecule has 2 aromatic rings. The maximum absolute atomic E-state index is 12.0. The molecule has 1 amide bonds. The van der Waals surface area contributed by atoms with Crippen molar-refractivity contribution in [2.24, 2.45) is 0 Å². The van der Waals surface area contributed by atoms with Gasteiger partial charge in [0, 0.05) is 18.0 Å². The first-order valence-electron chi connectivity index (χ1n) is 10.9. The van der Waals surface area contributed by atoms with Crippen LogP contribution >= 0.6 is 0 Å². The molecule has 0 radical (unpaired) electrons. The second-order valence-electron chi connectivity index (χ2n) is 7.04. The fourth-order valence-electron chi connectivity index (χ4n) is 3.81. The van der Waals surface area contributed by atoms with Crippen LogP contribution in [0, 0.1) is 6.92 Å². The zero-order valence-electron chi connectivity index (χ0n) is 19.3. The van der Waals surface area contributed by atoms with Gasteiger partial charge < -0.3 is 4.90 Å². The Labute approximate surface area is 177 Å². The molecule has 1 aliphatic rings. The number of hydrazine groups is 1. The van der Waals surface area contributed by atoms with Crippen LogP contribution in [0.3, 0.4) is 0 Å². The van der Waals surface area contributed by atoms with Crippen molar-refractivity contribution in [3.05, 3.63) is 70.8 Å².